The normalized spacial score (nSPS) is 21.1. The molecule has 0 saturated carbocycles. The van der Waals surface area contributed by atoms with Crippen molar-refractivity contribution >= 4 is 34.9 Å². The van der Waals surface area contributed by atoms with E-state index < -0.39 is 9.98 Å². The monoisotopic (exact) mass is 341 g/mol. The minimum Gasteiger partial charge on any atom is -0.454 e. The molecule has 122 valence electrons. The van der Waals surface area contributed by atoms with Gasteiger partial charge in [0.05, 0.1) is 10.6 Å². The summed E-state index contributed by atoms with van der Waals surface area (Å²) < 4.78 is 6.32. The first-order valence-corrected chi connectivity index (χ1v) is 8.21. The highest BCUT2D eigenvalue weighted by molar-refractivity contribution is 8.01. The number of ether oxygens (including phenoxy) is 1. The van der Waals surface area contributed by atoms with Gasteiger partial charge in [0.2, 0.25) is 0 Å². The number of anilines is 2. The first-order valence-electron chi connectivity index (χ1n) is 7.39. The predicted octanol–water partition coefficient (Wildman–Crippen LogP) is 3.87. The number of likely N-dealkylation sites (N-methyl/N-ethyl adjacent to an activating group) is 1. The van der Waals surface area contributed by atoms with Gasteiger partial charge in [-0.15, -0.1) is 0 Å². The van der Waals surface area contributed by atoms with Crippen molar-refractivity contribution < 1.29 is 9.66 Å². The highest BCUT2D eigenvalue weighted by atomic mass is 32.2. The summed E-state index contributed by atoms with van der Waals surface area (Å²) in [5.41, 5.74) is 9.40. The summed E-state index contributed by atoms with van der Waals surface area (Å²) >= 11 is 1.59. The van der Waals surface area contributed by atoms with Crippen molar-refractivity contribution in [2.45, 2.75) is 16.9 Å². The van der Waals surface area contributed by atoms with Crippen LogP contribution < -0.4 is 15.4 Å². The smallest absolute Gasteiger partial charge is 0.270 e. The minimum atomic E-state index is -0.695. The molecule has 0 fully saturated rings. The van der Waals surface area contributed by atoms with Crippen LogP contribution >= 0.6 is 11.8 Å². The molecule has 0 aliphatic carbocycles. The molecule has 2 aliphatic heterocycles. The van der Waals surface area contributed by atoms with Crippen molar-refractivity contribution in [3.05, 3.63) is 57.6 Å². The third-order valence-corrected chi connectivity index (χ3v) is 5.86. The molecule has 0 aromatic heterocycles. The topological polar surface area (TPSA) is 81.6 Å². The molecule has 0 amide bonds. The molecule has 2 aromatic carbocycles. The maximum atomic E-state index is 11.0. The fourth-order valence-electron chi connectivity index (χ4n) is 3.11. The van der Waals surface area contributed by atoms with Gasteiger partial charge in [0.25, 0.3) is 10.7 Å². The molecule has 4 rings (SSSR count). The summed E-state index contributed by atoms with van der Waals surface area (Å²) in [5.74, 6) is 0.631. The molecule has 1 unspecified atom stereocenters. The summed E-state index contributed by atoms with van der Waals surface area (Å²) in [6.07, 6.45) is 1.95. The number of thioether (sulfide) groups is 1. The Morgan fingerprint density at radius 1 is 1.29 bits per heavy atom. The average Bonchev–Trinajstić information content (AvgIpc) is 2.80. The molecule has 1 atom stereocenters. The van der Waals surface area contributed by atoms with Gasteiger partial charge in [0.1, 0.15) is 5.75 Å². The average molecular weight is 341 g/mol. The Labute approximate surface area is 143 Å². The number of nitrogens with zero attached hydrogens (tertiary/aromatic N) is 2. The fourth-order valence-corrected chi connectivity index (χ4v) is 4.50. The number of nitro benzene ring substituents is 1. The predicted molar refractivity (Wildman–Crippen MR) is 95.2 cm³/mol. The molecule has 2 aromatic rings. The lowest BCUT2D eigenvalue weighted by Gasteiger charge is -2.40. The number of rotatable bonds is 1. The Bertz CT molecular complexity index is 912. The van der Waals surface area contributed by atoms with Crippen LogP contribution in [0.1, 0.15) is 12.5 Å². The number of nitrogen functional groups attached to an aromatic ring is 1. The number of nitro groups is 1. The van der Waals surface area contributed by atoms with E-state index in [0.29, 0.717) is 11.4 Å². The van der Waals surface area contributed by atoms with Gasteiger partial charge >= 0.3 is 0 Å². The summed E-state index contributed by atoms with van der Waals surface area (Å²) in [6.45, 7) is 1.97. The van der Waals surface area contributed by atoms with Gasteiger partial charge in [-0.05, 0) is 49.0 Å². The number of nitrogens with two attached hydrogens (primary N) is 1. The third-order valence-electron chi connectivity index (χ3n) is 4.36. The van der Waals surface area contributed by atoms with Gasteiger partial charge in [-0.2, -0.15) is 0 Å². The van der Waals surface area contributed by atoms with Gasteiger partial charge in [0.15, 0.2) is 0 Å². The highest BCUT2D eigenvalue weighted by Gasteiger charge is 2.49. The van der Waals surface area contributed by atoms with Crippen LogP contribution in [0.25, 0.3) is 6.08 Å². The molecular weight excluding hydrogens is 326 g/mol. The van der Waals surface area contributed by atoms with Gasteiger partial charge in [-0.3, -0.25) is 10.1 Å². The standard InChI is InChI=1S/C17H15N3O3S/c1-10-7-11-8-13(20(21)22)4-6-15(11)23-17(10)19(2)14-5-3-12(18)9-16(14)24-17/h3-9H,18H2,1-2H3. The third kappa shape index (κ3) is 1.98. The Morgan fingerprint density at radius 2 is 2.08 bits per heavy atom. The van der Waals surface area contributed by atoms with Crippen LogP contribution in [0.15, 0.2) is 46.9 Å². The molecule has 2 aliphatic rings. The first kappa shape index (κ1) is 14.9. The van der Waals surface area contributed by atoms with E-state index in [2.05, 4.69) is 4.90 Å². The first-order chi connectivity index (χ1) is 11.4. The van der Waals surface area contributed by atoms with E-state index in [1.54, 1.807) is 17.8 Å². The lowest BCUT2D eigenvalue weighted by atomic mass is 10.0. The molecule has 6 nitrogen and oxygen atoms in total. The second-order valence-corrected chi connectivity index (χ2v) is 7.08. The molecule has 1 spiro atoms. The summed E-state index contributed by atoms with van der Waals surface area (Å²) in [6, 6.07) is 10.4. The summed E-state index contributed by atoms with van der Waals surface area (Å²) in [5, 5.41) is 10.3. The second-order valence-electron chi connectivity index (χ2n) is 5.88. The van der Waals surface area contributed by atoms with Crippen molar-refractivity contribution in [2.75, 3.05) is 17.7 Å². The van der Waals surface area contributed by atoms with Crippen molar-refractivity contribution in [1.82, 2.24) is 0 Å². The van der Waals surface area contributed by atoms with Crippen LogP contribution in [-0.4, -0.2) is 17.0 Å². The highest BCUT2D eigenvalue weighted by Crippen LogP contribution is 2.56. The maximum Gasteiger partial charge on any atom is 0.270 e. The van der Waals surface area contributed by atoms with Gasteiger partial charge in [-0.25, -0.2) is 0 Å². The largest absolute Gasteiger partial charge is 0.454 e. The Kier molecular flexibility index (Phi) is 3.05. The number of hydrogen-bond donors (Lipinski definition) is 1. The van der Waals surface area contributed by atoms with E-state index in [1.165, 1.54) is 12.1 Å². The van der Waals surface area contributed by atoms with Crippen molar-refractivity contribution in [3.8, 4) is 5.75 Å². The van der Waals surface area contributed by atoms with Crippen molar-refractivity contribution in [2.24, 2.45) is 0 Å². The van der Waals surface area contributed by atoms with E-state index >= 15 is 0 Å². The molecule has 24 heavy (non-hydrogen) atoms. The van der Waals surface area contributed by atoms with E-state index in [-0.39, 0.29) is 5.69 Å². The maximum absolute atomic E-state index is 11.0. The fraction of sp³-hybridized carbons (Fsp3) is 0.176. The van der Waals surface area contributed by atoms with Crippen LogP contribution in [0.3, 0.4) is 0 Å². The molecule has 0 saturated heterocycles. The lowest BCUT2D eigenvalue weighted by molar-refractivity contribution is -0.384. The number of fused-ring (bicyclic) bond motifs is 2. The quantitative estimate of drug-likeness (QED) is 0.482. The molecular formula is C17H15N3O3S. The second kappa shape index (κ2) is 4.91. The zero-order chi connectivity index (χ0) is 17.1. The minimum absolute atomic E-state index is 0.0563. The zero-order valence-electron chi connectivity index (χ0n) is 13.1. The number of non-ortho nitro benzene ring substituents is 1. The molecule has 0 bridgehead atoms. The van der Waals surface area contributed by atoms with Crippen LogP contribution in [-0.2, 0) is 0 Å². The van der Waals surface area contributed by atoms with E-state index in [4.69, 9.17) is 10.5 Å². The van der Waals surface area contributed by atoms with Gasteiger partial charge in [0, 0.05) is 40.9 Å². The van der Waals surface area contributed by atoms with Crippen LogP contribution in [0, 0.1) is 10.1 Å². The van der Waals surface area contributed by atoms with Crippen LogP contribution in [0.4, 0.5) is 17.1 Å². The molecule has 0 radical (unpaired) electrons. The molecule has 7 heteroatoms. The molecule has 2 heterocycles. The van der Waals surface area contributed by atoms with E-state index in [1.807, 2.05) is 38.2 Å². The van der Waals surface area contributed by atoms with Crippen LogP contribution in [0.2, 0.25) is 0 Å². The Balaban J connectivity index is 1.80. The number of hydrogen-bond acceptors (Lipinski definition) is 6. The van der Waals surface area contributed by atoms with E-state index in [9.17, 15) is 10.1 Å². The SMILES string of the molecule is CC1=Cc2cc([N+](=O)[O-])ccc2OC12Sc1cc(N)ccc1N2C. The number of benzene rings is 2. The van der Waals surface area contributed by atoms with Gasteiger partial charge < -0.3 is 15.4 Å². The lowest BCUT2D eigenvalue weighted by Crippen LogP contribution is -2.48. The summed E-state index contributed by atoms with van der Waals surface area (Å²) in [7, 11) is 1.97. The van der Waals surface area contributed by atoms with Crippen molar-refractivity contribution in [1.29, 1.82) is 0 Å². The Morgan fingerprint density at radius 3 is 2.83 bits per heavy atom. The zero-order valence-corrected chi connectivity index (χ0v) is 14.0. The summed E-state index contributed by atoms with van der Waals surface area (Å²) in [4.78, 5) is 13.7. The van der Waals surface area contributed by atoms with Gasteiger partial charge in [-0.1, -0.05) is 0 Å². The Hall–Kier alpha value is -2.67. The van der Waals surface area contributed by atoms with Crippen molar-refractivity contribution in [3.63, 3.8) is 0 Å². The molecule has 2 N–H and O–H groups in total. The van der Waals surface area contributed by atoms with E-state index in [0.717, 1.165) is 21.7 Å². The van der Waals surface area contributed by atoms with Crippen LogP contribution in [0.5, 0.6) is 5.75 Å².